The molecule has 0 bridgehead atoms. The summed E-state index contributed by atoms with van der Waals surface area (Å²) in [5.74, 6) is -0.0469. The summed E-state index contributed by atoms with van der Waals surface area (Å²) < 4.78 is 0. The number of benzene rings is 2. The Kier molecular flexibility index (Phi) is 3.11. The van der Waals surface area contributed by atoms with Crippen molar-refractivity contribution in [2.45, 2.75) is 19.4 Å². The molecule has 1 N–H and O–H groups in total. The molecule has 20 heavy (non-hydrogen) atoms. The number of Topliss-reactive ketones (excluding diaryl/α,β-unsaturated/α-hetero) is 1. The molecule has 0 saturated heterocycles. The molecule has 0 radical (unpaired) electrons. The number of nitrogens with one attached hydrogen (secondary N) is 1. The number of fused-ring (bicyclic) bond motifs is 1. The zero-order valence-electron chi connectivity index (χ0n) is 11.2. The molecule has 0 aliphatic carbocycles. The number of amides is 1. The molecule has 2 aromatic carbocycles. The third-order valence-corrected chi connectivity index (χ3v) is 3.65. The van der Waals surface area contributed by atoms with Gasteiger partial charge >= 0.3 is 0 Å². The van der Waals surface area contributed by atoms with Gasteiger partial charge in [-0.2, -0.15) is 0 Å². The van der Waals surface area contributed by atoms with Crippen LogP contribution in [0.25, 0.3) is 0 Å². The van der Waals surface area contributed by atoms with Gasteiger partial charge in [0.25, 0.3) is 5.91 Å². The van der Waals surface area contributed by atoms with Gasteiger partial charge in [0.15, 0.2) is 5.78 Å². The Labute approximate surface area is 117 Å². The lowest BCUT2D eigenvalue weighted by Gasteiger charge is -2.11. The fourth-order valence-electron chi connectivity index (χ4n) is 2.53. The zero-order chi connectivity index (χ0) is 14.1. The largest absolute Gasteiger partial charge is 0.345 e. The van der Waals surface area contributed by atoms with Gasteiger partial charge in [-0.05, 0) is 18.6 Å². The van der Waals surface area contributed by atoms with Gasteiger partial charge in [0.1, 0.15) is 0 Å². The summed E-state index contributed by atoms with van der Waals surface area (Å²) in [6.07, 6.45) is 0.297. The average molecular weight is 265 g/mol. The van der Waals surface area contributed by atoms with Crippen molar-refractivity contribution in [1.82, 2.24) is 5.32 Å². The van der Waals surface area contributed by atoms with E-state index in [-0.39, 0.29) is 17.7 Å². The van der Waals surface area contributed by atoms with Gasteiger partial charge in [-0.1, -0.05) is 48.0 Å². The predicted molar refractivity (Wildman–Crippen MR) is 76.8 cm³/mol. The van der Waals surface area contributed by atoms with Crippen molar-refractivity contribution in [3.63, 3.8) is 0 Å². The fraction of sp³-hybridized carbons (Fsp3) is 0.176. The van der Waals surface area contributed by atoms with E-state index < -0.39 is 0 Å². The van der Waals surface area contributed by atoms with E-state index in [1.165, 1.54) is 0 Å². The van der Waals surface area contributed by atoms with Crippen molar-refractivity contribution >= 4 is 11.7 Å². The van der Waals surface area contributed by atoms with E-state index in [4.69, 9.17) is 0 Å². The molecular weight excluding hydrogens is 250 g/mol. The molecule has 1 atom stereocenters. The van der Waals surface area contributed by atoms with Gasteiger partial charge in [0, 0.05) is 17.5 Å². The van der Waals surface area contributed by atoms with Gasteiger partial charge in [-0.3, -0.25) is 9.59 Å². The molecule has 0 unspecified atom stereocenters. The van der Waals surface area contributed by atoms with Gasteiger partial charge in [-0.25, -0.2) is 0 Å². The van der Waals surface area contributed by atoms with Crippen molar-refractivity contribution in [1.29, 1.82) is 0 Å². The van der Waals surface area contributed by atoms with Crippen molar-refractivity contribution < 1.29 is 9.59 Å². The topological polar surface area (TPSA) is 46.2 Å². The number of carbonyl (C=O) groups is 2. The molecule has 2 aromatic rings. The lowest BCUT2D eigenvalue weighted by molar-refractivity contribution is 0.0933. The number of hydrogen-bond donors (Lipinski definition) is 1. The number of hydrogen-bond acceptors (Lipinski definition) is 2. The minimum Gasteiger partial charge on any atom is -0.345 e. The quantitative estimate of drug-likeness (QED) is 0.867. The van der Waals surface area contributed by atoms with Crippen LogP contribution in [0, 0.1) is 6.92 Å². The molecule has 3 rings (SSSR count). The van der Waals surface area contributed by atoms with Crippen LogP contribution in [0.2, 0.25) is 0 Å². The van der Waals surface area contributed by atoms with Crippen LogP contribution in [0.5, 0.6) is 0 Å². The Morgan fingerprint density at radius 3 is 2.55 bits per heavy atom. The number of aryl methyl sites for hydroxylation is 1. The number of ketones is 1. The van der Waals surface area contributed by atoms with E-state index in [1.54, 1.807) is 6.07 Å². The lowest BCUT2D eigenvalue weighted by atomic mass is 9.97. The van der Waals surface area contributed by atoms with Crippen molar-refractivity contribution in [2.75, 3.05) is 0 Å². The van der Waals surface area contributed by atoms with Crippen LogP contribution in [-0.4, -0.2) is 11.7 Å². The monoisotopic (exact) mass is 265 g/mol. The average Bonchev–Trinajstić information content (AvgIpc) is 2.77. The van der Waals surface area contributed by atoms with Gasteiger partial charge in [0.2, 0.25) is 0 Å². The van der Waals surface area contributed by atoms with Crippen LogP contribution < -0.4 is 5.32 Å². The highest BCUT2D eigenvalue weighted by Crippen LogP contribution is 2.28. The highest BCUT2D eigenvalue weighted by atomic mass is 16.2. The Morgan fingerprint density at radius 1 is 1.10 bits per heavy atom. The Balaban J connectivity index is 1.81. The molecule has 0 fully saturated rings. The molecule has 1 aliphatic heterocycles. The van der Waals surface area contributed by atoms with E-state index in [0.29, 0.717) is 17.5 Å². The van der Waals surface area contributed by atoms with Gasteiger partial charge < -0.3 is 5.32 Å². The predicted octanol–water partition coefficient (Wildman–Crippen LogP) is 3.05. The summed E-state index contributed by atoms with van der Waals surface area (Å²) >= 11 is 0. The lowest BCUT2D eigenvalue weighted by Crippen LogP contribution is -2.21. The second kappa shape index (κ2) is 4.93. The second-order valence-electron chi connectivity index (χ2n) is 5.11. The smallest absolute Gasteiger partial charge is 0.252 e. The summed E-state index contributed by atoms with van der Waals surface area (Å²) in [5, 5.41) is 2.87. The molecule has 0 saturated carbocycles. The molecule has 1 heterocycles. The standard InChI is InChI=1S/C17H15NO2/c1-11-6-8-12(9-7-11)16(19)10-15-13-4-2-3-5-14(13)17(20)18-15/h2-9,15H,10H2,1H3,(H,18,20)/t15-/m0/s1. The second-order valence-corrected chi connectivity index (χ2v) is 5.11. The van der Waals surface area contributed by atoms with E-state index in [0.717, 1.165) is 11.1 Å². The van der Waals surface area contributed by atoms with E-state index >= 15 is 0 Å². The first kappa shape index (κ1) is 12.6. The fourth-order valence-corrected chi connectivity index (χ4v) is 2.53. The van der Waals surface area contributed by atoms with Crippen molar-refractivity contribution in [2.24, 2.45) is 0 Å². The summed E-state index contributed by atoms with van der Waals surface area (Å²) in [4.78, 5) is 24.1. The van der Waals surface area contributed by atoms with Crippen molar-refractivity contribution in [3.8, 4) is 0 Å². The first-order chi connectivity index (χ1) is 9.65. The zero-order valence-corrected chi connectivity index (χ0v) is 11.2. The minimum atomic E-state index is -0.215. The Hall–Kier alpha value is -2.42. The molecule has 0 spiro atoms. The molecule has 0 aromatic heterocycles. The van der Waals surface area contributed by atoms with Gasteiger partial charge in [0.05, 0.1) is 6.04 Å². The first-order valence-corrected chi connectivity index (χ1v) is 6.65. The van der Waals surface area contributed by atoms with E-state index in [1.807, 2.05) is 49.4 Å². The van der Waals surface area contributed by atoms with Crippen molar-refractivity contribution in [3.05, 3.63) is 70.8 Å². The Morgan fingerprint density at radius 2 is 1.80 bits per heavy atom. The molecular formula is C17H15NO2. The summed E-state index contributed by atoms with van der Waals surface area (Å²) in [7, 11) is 0. The maximum Gasteiger partial charge on any atom is 0.252 e. The molecule has 3 heteroatoms. The van der Waals surface area contributed by atoms with Crippen LogP contribution in [0.1, 0.15) is 44.3 Å². The highest BCUT2D eigenvalue weighted by molar-refractivity contribution is 6.01. The van der Waals surface area contributed by atoms with Crippen LogP contribution >= 0.6 is 0 Å². The highest BCUT2D eigenvalue weighted by Gasteiger charge is 2.29. The first-order valence-electron chi connectivity index (χ1n) is 6.65. The van der Waals surface area contributed by atoms with Crippen LogP contribution in [0.3, 0.4) is 0 Å². The number of rotatable bonds is 3. The minimum absolute atomic E-state index is 0.0482. The number of carbonyl (C=O) groups excluding carboxylic acids is 2. The summed E-state index contributed by atoms with van der Waals surface area (Å²) in [5.41, 5.74) is 3.41. The van der Waals surface area contributed by atoms with E-state index in [9.17, 15) is 9.59 Å². The summed E-state index contributed by atoms with van der Waals surface area (Å²) in [6, 6.07) is 14.7. The summed E-state index contributed by atoms with van der Waals surface area (Å²) in [6.45, 7) is 1.99. The van der Waals surface area contributed by atoms with Gasteiger partial charge in [-0.15, -0.1) is 0 Å². The van der Waals surface area contributed by atoms with Crippen LogP contribution in [0.4, 0.5) is 0 Å². The van der Waals surface area contributed by atoms with Crippen LogP contribution in [-0.2, 0) is 0 Å². The SMILES string of the molecule is Cc1ccc(C(=O)C[C@@H]2NC(=O)c3ccccc32)cc1. The Bertz CT molecular complexity index is 674. The molecule has 1 aliphatic rings. The molecule has 3 nitrogen and oxygen atoms in total. The normalized spacial score (nSPS) is 16.6. The van der Waals surface area contributed by atoms with Crippen LogP contribution in [0.15, 0.2) is 48.5 Å². The third kappa shape index (κ3) is 2.23. The molecule has 1 amide bonds. The maximum absolute atomic E-state index is 12.3. The molecule has 100 valence electrons. The van der Waals surface area contributed by atoms with E-state index in [2.05, 4.69) is 5.32 Å². The third-order valence-electron chi connectivity index (χ3n) is 3.65. The maximum atomic E-state index is 12.3.